The monoisotopic (exact) mass is 391 g/mol. The molecule has 6 heteroatoms. The maximum atomic E-state index is 6.03. The van der Waals surface area contributed by atoms with Gasteiger partial charge in [0, 0.05) is 48.8 Å². The Bertz CT molecular complexity index is 951. The Morgan fingerprint density at radius 3 is 2.86 bits per heavy atom. The lowest BCUT2D eigenvalue weighted by atomic mass is 9.97. The Morgan fingerprint density at radius 2 is 2.03 bits per heavy atom. The lowest BCUT2D eigenvalue weighted by Gasteiger charge is -2.15. The number of nitrogens with one attached hydrogen (secondary N) is 2. The maximum Gasteiger partial charge on any atom is 0.229 e. The van der Waals surface area contributed by atoms with Crippen molar-refractivity contribution in [1.29, 1.82) is 0 Å². The van der Waals surface area contributed by atoms with E-state index in [-0.39, 0.29) is 0 Å². The third-order valence-corrected chi connectivity index (χ3v) is 6.02. The van der Waals surface area contributed by atoms with Crippen molar-refractivity contribution in [3.63, 3.8) is 0 Å². The Labute approximate surface area is 172 Å². The number of ether oxygens (including phenoxy) is 1. The molecule has 152 valence electrons. The van der Waals surface area contributed by atoms with Crippen LogP contribution >= 0.6 is 0 Å². The SMILES string of the molecule is CNc1cc(C2CC2)nc(Nc2cc3c(c(C4=CCN(C)CCC4)c2)OCC3)n1. The number of aromatic nitrogens is 2. The van der Waals surface area contributed by atoms with E-state index < -0.39 is 0 Å². The Hall–Kier alpha value is -2.60. The standard InChI is InChI=1S/C23H29N5O/c1-24-21-14-20(16-5-6-16)26-23(27-21)25-18-12-17-8-11-29-22(17)19(13-18)15-4-3-9-28(2)10-7-15/h7,12-14,16H,3-6,8-11H2,1-2H3,(H2,24,25,26,27). The molecule has 0 bridgehead atoms. The second-order valence-corrected chi connectivity index (χ2v) is 8.36. The normalized spacial score (nSPS) is 19.2. The molecule has 2 N–H and O–H groups in total. The summed E-state index contributed by atoms with van der Waals surface area (Å²) in [6.45, 7) is 2.88. The summed E-state index contributed by atoms with van der Waals surface area (Å²) in [7, 11) is 4.09. The highest BCUT2D eigenvalue weighted by molar-refractivity contribution is 5.77. The van der Waals surface area contributed by atoms with E-state index in [0.717, 1.165) is 55.5 Å². The van der Waals surface area contributed by atoms with Crippen LogP contribution in [0, 0.1) is 0 Å². The van der Waals surface area contributed by atoms with E-state index in [1.165, 1.54) is 36.0 Å². The molecule has 0 spiro atoms. The number of hydrogen-bond acceptors (Lipinski definition) is 6. The molecule has 0 atom stereocenters. The molecule has 1 aromatic heterocycles. The number of likely N-dealkylation sites (N-methyl/N-ethyl adjacent to an activating group) is 1. The van der Waals surface area contributed by atoms with E-state index in [4.69, 9.17) is 9.72 Å². The molecule has 1 fully saturated rings. The van der Waals surface area contributed by atoms with E-state index in [2.05, 4.69) is 51.8 Å². The quantitative estimate of drug-likeness (QED) is 0.797. The van der Waals surface area contributed by atoms with Gasteiger partial charge in [-0.3, -0.25) is 0 Å². The summed E-state index contributed by atoms with van der Waals surface area (Å²) in [5.41, 5.74) is 6.06. The van der Waals surface area contributed by atoms with Crippen molar-refractivity contribution in [2.45, 2.75) is 38.0 Å². The number of allylic oxidation sites excluding steroid dienone is 1. The van der Waals surface area contributed by atoms with Crippen LogP contribution < -0.4 is 15.4 Å². The van der Waals surface area contributed by atoms with Crippen LogP contribution in [-0.4, -0.2) is 48.7 Å². The molecule has 5 rings (SSSR count). The van der Waals surface area contributed by atoms with Crippen LogP contribution in [0.2, 0.25) is 0 Å². The zero-order chi connectivity index (χ0) is 19.8. The number of nitrogens with zero attached hydrogens (tertiary/aromatic N) is 3. The van der Waals surface area contributed by atoms with E-state index in [1.807, 2.05) is 7.05 Å². The van der Waals surface area contributed by atoms with Crippen molar-refractivity contribution < 1.29 is 4.74 Å². The van der Waals surface area contributed by atoms with Gasteiger partial charge < -0.3 is 20.3 Å². The third kappa shape index (κ3) is 3.94. The fraction of sp³-hybridized carbons (Fsp3) is 0.478. The van der Waals surface area contributed by atoms with Gasteiger partial charge in [-0.1, -0.05) is 6.08 Å². The van der Waals surface area contributed by atoms with E-state index in [0.29, 0.717) is 11.9 Å². The molecule has 0 unspecified atom stereocenters. The van der Waals surface area contributed by atoms with Crippen molar-refractivity contribution in [3.05, 3.63) is 41.1 Å². The van der Waals surface area contributed by atoms with Gasteiger partial charge in [0.1, 0.15) is 11.6 Å². The molecule has 6 nitrogen and oxygen atoms in total. The summed E-state index contributed by atoms with van der Waals surface area (Å²) < 4.78 is 6.03. The first-order valence-corrected chi connectivity index (χ1v) is 10.7. The van der Waals surface area contributed by atoms with Crippen molar-refractivity contribution >= 4 is 23.0 Å². The maximum absolute atomic E-state index is 6.03. The second kappa shape index (κ2) is 7.67. The van der Waals surface area contributed by atoms with Gasteiger partial charge in [-0.05, 0) is 57.0 Å². The van der Waals surface area contributed by atoms with Gasteiger partial charge in [0.05, 0.1) is 12.3 Å². The number of anilines is 3. The van der Waals surface area contributed by atoms with Crippen molar-refractivity contribution in [3.8, 4) is 5.75 Å². The summed E-state index contributed by atoms with van der Waals surface area (Å²) in [4.78, 5) is 11.8. The zero-order valence-electron chi connectivity index (χ0n) is 17.3. The number of rotatable bonds is 5. The van der Waals surface area contributed by atoms with Gasteiger partial charge in [-0.2, -0.15) is 4.98 Å². The van der Waals surface area contributed by atoms with Crippen LogP contribution in [0.15, 0.2) is 24.3 Å². The number of benzene rings is 1. The smallest absolute Gasteiger partial charge is 0.229 e. The Balaban J connectivity index is 1.49. The summed E-state index contributed by atoms with van der Waals surface area (Å²) in [6, 6.07) is 6.48. The summed E-state index contributed by atoms with van der Waals surface area (Å²) >= 11 is 0. The first kappa shape index (κ1) is 18.4. The van der Waals surface area contributed by atoms with Crippen molar-refractivity contribution in [1.82, 2.24) is 14.9 Å². The number of hydrogen-bond donors (Lipinski definition) is 2. The minimum absolute atomic E-state index is 0.586. The lowest BCUT2D eigenvalue weighted by molar-refractivity contribution is 0.356. The first-order valence-electron chi connectivity index (χ1n) is 10.7. The van der Waals surface area contributed by atoms with Crippen LogP contribution in [0.3, 0.4) is 0 Å². The van der Waals surface area contributed by atoms with Gasteiger partial charge in [0.15, 0.2) is 0 Å². The van der Waals surface area contributed by atoms with Crippen LogP contribution in [-0.2, 0) is 6.42 Å². The van der Waals surface area contributed by atoms with Gasteiger partial charge in [0.2, 0.25) is 5.95 Å². The minimum atomic E-state index is 0.586. The molecule has 0 saturated heterocycles. The van der Waals surface area contributed by atoms with E-state index in [1.54, 1.807) is 0 Å². The van der Waals surface area contributed by atoms with Crippen molar-refractivity contribution in [2.24, 2.45) is 0 Å². The van der Waals surface area contributed by atoms with E-state index in [9.17, 15) is 0 Å². The highest BCUT2D eigenvalue weighted by Gasteiger charge is 2.26. The molecule has 1 aromatic carbocycles. The fourth-order valence-corrected chi connectivity index (χ4v) is 4.23. The Morgan fingerprint density at radius 1 is 1.14 bits per heavy atom. The lowest BCUT2D eigenvalue weighted by Crippen LogP contribution is -2.17. The first-order chi connectivity index (χ1) is 14.2. The van der Waals surface area contributed by atoms with Gasteiger partial charge in [-0.25, -0.2) is 4.98 Å². The molecule has 29 heavy (non-hydrogen) atoms. The topological polar surface area (TPSA) is 62.3 Å². The highest BCUT2D eigenvalue weighted by Crippen LogP contribution is 2.41. The largest absolute Gasteiger partial charge is 0.492 e. The minimum Gasteiger partial charge on any atom is -0.492 e. The molecule has 2 aliphatic heterocycles. The summed E-state index contributed by atoms with van der Waals surface area (Å²) in [6.07, 6.45) is 8.02. The molecule has 3 heterocycles. The molecular formula is C23H29N5O. The van der Waals surface area contributed by atoms with Crippen LogP contribution in [0.5, 0.6) is 5.75 Å². The third-order valence-electron chi connectivity index (χ3n) is 6.02. The average Bonchev–Trinajstić information content (AvgIpc) is 3.50. The Kier molecular flexibility index (Phi) is 4.87. The molecule has 0 amide bonds. The predicted molar refractivity (Wildman–Crippen MR) is 117 cm³/mol. The molecule has 0 radical (unpaired) electrons. The molecular weight excluding hydrogens is 362 g/mol. The predicted octanol–water partition coefficient (Wildman–Crippen LogP) is 4.18. The average molecular weight is 392 g/mol. The second-order valence-electron chi connectivity index (χ2n) is 8.36. The van der Waals surface area contributed by atoms with Crippen LogP contribution in [0.4, 0.5) is 17.5 Å². The fourth-order valence-electron chi connectivity index (χ4n) is 4.23. The molecule has 1 aliphatic carbocycles. The van der Waals surface area contributed by atoms with Gasteiger partial charge in [0.25, 0.3) is 0 Å². The van der Waals surface area contributed by atoms with Crippen LogP contribution in [0.1, 0.15) is 48.4 Å². The highest BCUT2D eigenvalue weighted by atomic mass is 16.5. The number of fused-ring (bicyclic) bond motifs is 1. The molecule has 1 saturated carbocycles. The summed E-state index contributed by atoms with van der Waals surface area (Å²) in [5.74, 6) is 3.18. The van der Waals surface area contributed by atoms with Gasteiger partial charge >= 0.3 is 0 Å². The molecule has 2 aromatic rings. The van der Waals surface area contributed by atoms with Crippen molar-refractivity contribution in [2.75, 3.05) is 44.4 Å². The van der Waals surface area contributed by atoms with Gasteiger partial charge in [-0.15, -0.1) is 0 Å². The summed E-state index contributed by atoms with van der Waals surface area (Å²) in [5, 5.41) is 6.65. The van der Waals surface area contributed by atoms with Crippen LogP contribution in [0.25, 0.3) is 5.57 Å². The van der Waals surface area contributed by atoms with E-state index >= 15 is 0 Å². The molecule has 3 aliphatic rings. The zero-order valence-corrected chi connectivity index (χ0v) is 17.3.